The second-order valence-corrected chi connectivity index (χ2v) is 8.89. The van der Waals surface area contributed by atoms with E-state index in [4.69, 9.17) is 18.6 Å². The van der Waals surface area contributed by atoms with Crippen molar-refractivity contribution in [1.82, 2.24) is 0 Å². The average Bonchev–Trinajstić information content (AvgIpc) is 2.91. The molecular weight excluding hydrogens is 488 g/mol. The number of fused-ring (bicyclic) bond motifs is 1. The molecule has 0 fully saturated rings. The third-order valence-electron chi connectivity index (χ3n) is 6.15. The summed E-state index contributed by atoms with van der Waals surface area (Å²) in [6.07, 6.45) is 1.17. The Hall–Kier alpha value is -4.72. The Kier molecular flexibility index (Phi) is 7.71. The number of benzene rings is 3. The number of ether oxygens (including phenoxy) is 3. The van der Waals surface area contributed by atoms with Crippen LogP contribution in [0.3, 0.4) is 0 Å². The van der Waals surface area contributed by atoms with Gasteiger partial charge >= 0.3 is 5.97 Å². The van der Waals surface area contributed by atoms with E-state index in [9.17, 15) is 19.8 Å². The number of phenols is 2. The maximum Gasteiger partial charge on any atom is 0.306 e. The van der Waals surface area contributed by atoms with Gasteiger partial charge in [0.15, 0.2) is 11.5 Å². The molecule has 8 heteroatoms. The highest BCUT2D eigenvalue weighted by molar-refractivity contribution is 5.87. The van der Waals surface area contributed by atoms with Crippen molar-refractivity contribution >= 4 is 16.9 Å². The molecule has 196 valence electrons. The summed E-state index contributed by atoms with van der Waals surface area (Å²) in [6, 6.07) is 14.2. The zero-order valence-electron chi connectivity index (χ0n) is 21.3. The second kappa shape index (κ2) is 11.1. The number of rotatable bonds is 9. The lowest BCUT2D eigenvalue weighted by molar-refractivity contribution is -0.140. The van der Waals surface area contributed by atoms with Crippen LogP contribution in [0.2, 0.25) is 0 Å². The van der Waals surface area contributed by atoms with Gasteiger partial charge in [-0.25, -0.2) is 0 Å². The SMILES string of the molecule is C=C(C)COc1ccc([C@H](CC(=O)OC)c2c(O)ccc3c(=O)c(-c4ccc(O)cc4)coc23)cc1OC. The van der Waals surface area contributed by atoms with Crippen molar-refractivity contribution in [2.24, 2.45) is 0 Å². The molecule has 0 spiro atoms. The van der Waals surface area contributed by atoms with Crippen molar-refractivity contribution in [2.45, 2.75) is 19.3 Å². The summed E-state index contributed by atoms with van der Waals surface area (Å²) in [7, 11) is 2.78. The van der Waals surface area contributed by atoms with E-state index in [1.54, 1.807) is 30.3 Å². The molecule has 1 aromatic heterocycles. The number of esters is 1. The quantitative estimate of drug-likeness (QED) is 0.220. The summed E-state index contributed by atoms with van der Waals surface area (Å²) in [4.78, 5) is 25.9. The van der Waals surface area contributed by atoms with Crippen LogP contribution in [0.4, 0.5) is 0 Å². The van der Waals surface area contributed by atoms with E-state index in [0.29, 0.717) is 34.8 Å². The first-order chi connectivity index (χ1) is 18.2. The van der Waals surface area contributed by atoms with Crippen molar-refractivity contribution in [3.05, 3.63) is 94.4 Å². The Morgan fingerprint density at radius 2 is 1.76 bits per heavy atom. The van der Waals surface area contributed by atoms with Gasteiger partial charge in [-0.2, -0.15) is 0 Å². The molecule has 4 rings (SSSR count). The number of hydrogen-bond donors (Lipinski definition) is 2. The maximum absolute atomic E-state index is 13.4. The van der Waals surface area contributed by atoms with Crippen molar-refractivity contribution in [2.75, 3.05) is 20.8 Å². The van der Waals surface area contributed by atoms with Crippen LogP contribution in [0.25, 0.3) is 22.1 Å². The number of aromatic hydroxyl groups is 2. The van der Waals surface area contributed by atoms with Crippen molar-refractivity contribution < 1.29 is 33.6 Å². The molecule has 0 unspecified atom stereocenters. The van der Waals surface area contributed by atoms with E-state index >= 15 is 0 Å². The van der Waals surface area contributed by atoms with E-state index in [2.05, 4.69) is 6.58 Å². The summed E-state index contributed by atoms with van der Waals surface area (Å²) < 4.78 is 22.2. The highest BCUT2D eigenvalue weighted by Crippen LogP contribution is 2.41. The molecule has 8 nitrogen and oxygen atoms in total. The van der Waals surface area contributed by atoms with Crippen molar-refractivity contribution in [3.8, 4) is 34.1 Å². The molecule has 38 heavy (non-hydrogen) atoms. The standard InChI is InChI=1S/C30H28O8/c1-17(2)15-37-25-12-7-19(13-26(25)35-3)22(14-27(33)36-4)28-24(32)11-10-21-29(34)23(16-38-30(21)28)18-5-8-20(31)9-6-18/h5-13,16,22,31-32H,1,14-15H2,2-4H3/t22-/m0/s1. The number of phenolic OH excluding ortho intramolecular Hbond substituents is 2. The fraction of sp³-hybridized carbons (Fsp3) is 0.200. The lowest BCUT2D eigenvalue weighted by Gasteiger charge is -2.21. The minimum absolute atomic E-state index is 0.0725. The lowest BCUT2D eigenvalue weighted by Crippen LogP contribution is -2.13. The van der Waals surface area contributed by atoms with Gasteiger partial charge in [-0.05, 0) is 60.0 Å². The fourth-order valence-electron chi connectivity index (χ4n) is 4.25. The fourth-order valence-corrected chi connectivity index (χ4v) is 4.25. The van der Waals surface area contributed by atoms with Crippen LogP contribution in [0.15, 0.2) is 82.2 Å². The molecule has 0 amide bonds. The molecule has 0 bridgehead atoms. The first-order valence-electron chi connectivity index (χ1n) is 11.8. The first-order valence-corrected chi connectivity index (χ1v) is 11.8. The normalized spacial score (nSPS) is 11.7. The molecule has 0 aliphatic heterocycles. The molecule has 0 saturated heterocycles. The predicted molar refractivity (Wildman–Crippen MR) is 143 cm³/mol. The summed E-state index contributed by atoms with van der Waals surface area (Å²) in [5.74, 6) is -0.414. The number of methoxy groups -OCH3 is 2. The molecule has 4 aromatic rings. The van der Waals surface area contributed by atoms with E-state index in [0.717, 1.165) is 5.57 Å². The predicted octanol–water partition coefficient (Wildman–Crippen LogP) is 5.53. The zero-order chi connectivity index (χ0) is 27.4. The lowest BCUT2D eigenvalue weighted by atomic mass is 9.86. The monoisotopic (exact) mass is 516 g/mol. The molecule has 1 heterocycles. The molecule has 0 saturated carbocycles. The smallest absolute Gasteiger partial charge is 0.306 e. The summed E-state index contributed by atoms with van der Waals surface area (Å²) in [5.41, 5.74) is 2.39. The van der Waals surface area contributed by atoms with Gasteiger partial charge in [0.05, 0.1) is 31.6 Å². The Morgan fingerprint density at radius 1 is 1.03 bits per heavy atom. The average molecular weight is 517 g/mol. The third kappa shape index (κ3) is 5.34. The number of hydrogen-bond acceptors (Lipinski definition) is 8. The highest BCUT2D eigenvalue weighted by Gasteiger charge is 2.27. The van der Waals surface area contributed by atoms with E-state index in [1.165, 1.54) is 44.7 Å². The zero-order valence-corrected chi connectivity index (χ0v) is 21.3. The summed E-state index contributed by atoms with van der Waals surface area (Å²) in [5, 5.41) is 20.8. The van der Waals surface area contributed by atoms with Gasteiger partial charge in [-0.3, -0.25) is 9.59 Å². The molecule has 3 aromatic carbocycles. The van der Waals surface area contributed by atoms with Gasteiger partial charge in [-0.15, -0.1) is 0 Å². The molecule has 0 aliphatic carbocycles. The topological polar surface area (TPSA) is 115 Å². The van der Waals surface area contributed by atoms with Crippen LogP contribution in [0, 0.1) is 0 Å². The maximum atomic E-state index is 13.4. The van der Waals surface area contributed by atoms with Gasteiger partial charge < -0.3 is 28.8 Å². The van der Waals surface area contributed by atoms with Crippen LogP contribution in [0.1, 0.15) is 30.4 Å². The minimum atomic E-state index is -0.738. The number of carbonyl (C=O) groups excluding carboxylic acids is 1. The van der Waals surface area contributed by atoms with E-state index < -0.39 is 11.9 Å². The second-order valence-electron chi connectivity index (χ2n) is 8.89. The highest BCUT2D eigenvalue weighted by atomic mass is 16.5. The van der Waals surface area contributed by atoms with Crippen molar-refractivity contribution in [3.63, 3.8) is 0 Å². The number of carbonyl (C=O) groups is 1. The molecular formula is C30H28O8. The van der Waals surface area contributed by atoms with E-state index in [1.807, 2.05) is 6.92 Å². The third-order valence-corrected chi connectivity index (χ3v) is 6.15. The molecule has 0 aliphatic rings. The van der Waals surface area contributed by atoms with Crippen LogP contribution in [-0.2, 0) is 9.53 Å². The van der Waals surface area contributed by atoms with Crippen LogP contribution in [-0.4, -0.2) is 37.0 Å². The van der Waals surface area contributed by atoms with Gasteiger partial charge in [0.25, 0.3) is 0 Å². The molecule has 2 N–H and O–H groups in total. The Labute approximate surface area is 219 Å². The molecule has 1 atom stereocenters. The Bertz CT molecular complexity index is 1550. The van der Waals surface area contributed by atoms with Gasteiger partial charge in [0.1, 0.15) is 30.0 Å². The summed E-state index contributed by atoms with van der Waals surface area (Å²) in [6.45, 7) is 5.99. The van der Waals surface area contributed by atoms with Gasteiger partial charge in [0, 0.05) is 11.5 Å². The molecule has 0 radical (unpaired) electrons. The van der Waals surface area contributed by atoms with E-state index in [-0.39, 0.29) is 39.9 Å². The van der Waals surface area contributed by atoms with Gasteiger partial charge in [0.2, 0.25) is 5.43 Å². The van der Waals surface area contributed by atoms with Crippen LogP contribution < -0.4 is 14.9 Å². The largest absolute Gasteiger partial charge is 0.508 e. The van der Waals surface area contributed by atoms with Gasteiger partial charge in [-0.1, -0.05) is 24.8 Å². The Balaban J connectivity index is 1.88. The summed E-state index contributed by atoms with van der Waals surface area (Å²) >= 11 is 0. The van der Waals surface area contributed by atoms with Crippen LogP contribution >= 0.6 is 0 Å². The first kappa shape index (κ1) is 26.3. The van der Waals surface area contributed by atoms with Crippen LogP contribution in [0.5, 0.6) is 23.0 Å². The Morgan fingerprint density at radius 3 is 2.42 bits per heavy atom. The minimum Gasteiger partial charge on any atom is -0.508 e. The van der Waals surface area contributed by atoms with Crippen molar-refractivity contribution in [1.29, 1.82) is 0 Å².